The number of allylic oxidation sites excluding steroid dienone is 18. The van der Waals surface area contributed by atoms with Crippen molar-refractivity contribution in [3.63, 3.8) is 0 Å². The zero-order chi connectivity index (χ0) is 50.0. The Bertz CT molecular complexity index is 1420. The Morgan fingerprint density at radius 3 is 1.07 bits per heavy atom. The average molecular weight is 958 g/mol. The van der Waals surface area contributed by atoms with E-state index in [4.69, 9.17) is 14.2 Å². The van der Waals surface area contributed by atoms with Crippen LogP contribution in [-0.2, 0) is 28.6 Å². The van der Waals surface area contributed by atoms with Crippen LogP contribution >= 0.6 is 0 Å². The normalized spacial score (nSPS) is 12.9. The van der Waals surface area contributed by atoms with Crippen LogP contribution < -0.4 is 0 Å². The van der Waals surface area contributed by atoms with Gasteiger partial charge in [-0.05, 0) is 70.6 Å². The van der Waals surface area contributed by atoms with E-state index in [1.807, 2.05) is 60.8 Å². The topological polar surface area (TPSA) is 78.9 Å². The molecule has 0 spiro atoms. The molecule has 0 aromatic carbocycles. The fourth-order valence-electron chi connectivity index (χ4n) is 7.67. The van der Waals surface area contributed by atoms with Gasteiger partial charge in [-0.3, -0.25) is 14.4 Å². The van der Waals surface area contributed by atoms with Gasteiger partial charge in [0.2, 0.25) is 0 Å². The van der Waals surface area contributed by atoms with E-state index >= 15 is 0 Å². The lowest BCUT2D eigenvalue weighted by molar-refractivity contribution is -0.167. The Labute approximate surface area is 425 Å². The SMILES string of the molecule is CC\C=C/C=C\C=C/C=C\C=C\C=C/CCCCCC(=O)OCC(COC(=O)CCCCCCCCCCCCCCCCCCC)OC(=O)CCC/C=C\C/C=C\C/C=C\CCCCCCCC. The fourth-order valence-corrected chi connectivity index (χ4v) is 7.67. The fraction of sp³-hybridized carbons (Fsp3) is 0.667. The van der Waals surface area contributed by atoms with Gasteiger partial charge in [-0.25, -0.2) is 0 Å². The molecule has 0 aromatic rings. The van der Waals surface area contributed by atoms with E-state index in [2.05, 4.69) is 69.4 Å². The summed E-state index contributed by atoms with van der Waals surface area (Å²) in [6.45, 7) is 6.42. The summed E-state index contributed by atoms with van der Waals surface area (Å²) in [5.74, 6) is -1.01. The highest BCUT2D eigenvalue weighted by molar-refractivity contribution is 5.71. The number of ether oxygens (including phenoxy) is 3. The van der Waals surface area contributed by atoms with Crippen LogP contribution in [-0.4, -0.2) is 37.2 Å². The molecule has 0 aromatic heterocycles. The molecule has 1 atom stereocenters. The first-order chi connectivity index (χ1) is 34.0. The second-order valence-corrected chi connectivity index (χ2v) is 18.6. The minimum Gasteiger partial charge on any atom is -0.462 e. The molecular weight excluding hydrogens is 853 g/mol. The first kappa shape index (κ1) is 65.1. The second-order valence-electron chi connectivity index (χ2n) is 18.6. The Kier molecular flexibility index (Phi) is 53.4. The lowest BCUT2D eigenvalue weighted by Crippen LogP contribution is -2.30. The van der Waals surface area contributed by atoms with Gasteiger partial charge in [0, 0.05) is 19.3 Å². The summed E-state index contributed by atoms with van der Waals surface area (Å²) in [7, 11) is 0. The third-order valence-corrected chi connectivity index (χ3v) is 11.9. The van der Waals surface area contributed by atoms with Crippen molar-refractivity contribution in [1.82, 2.24) is 0 Å². The quantitative estimate of drug-likeness (QED) is 0.0199. The average Bonchev–Trinajstić information content (AvgIpc) is 3.35. The summed E-state index contributed by atoms with van der Waals surface area (Å²) in [6.07, 6.45) is 76.5. The van der Waals surface area contributed by atoms with Gasteiger partial charge in [-0.1, -0.05) is 271 Å². The van der Waals surface area contributed by atoms with Crippen LogP contribution in [0.25, 0.3) is 0 Å². The van der Waals surface area contributed by atoms with Crippen molar-refractivity contribution in [3.05, 3.63) is 109 Å². The maximum atomic E-state index is 12.8. The molecule has 0 bridgehead atoms. The molecule has 6 nitrogen and oxygen atoms in total. The van der Waals surface area contributed by atoms with Crippen molar-refractivity contribution >= 4 is 17.9 Å². The van der Waals surface area contributed by atoms with E-state index in [0.717, 1.165) is 70.6 Å². The minimum absolute atomic E-state index is 0.112. The number of esters is 3. The Hall–Kier alpha value is -3.93. The second kappa shape index (κ2) is 56.7. The minimum atomic E-state index is -0.824. The van der Waals surface area contributed by atoms with Gasteiger partial charge in [0.05, 0.1) is 0 Å². The van der Waals surface area contributed by atoms with Crippen molar-refractivity contribution in [2.24, 2.45) is 0 Å². The number of hydrogen-bond acceptors (Lipinski definition) is 6. The highest BCUT2D eigenvalue weighted by atomic mass is 16.6. The molecule has 0 saturated carbocycles. The van der Waals surface area contributed by atoms with Crippen LogP contribution in [0.15, 0.2) is 109 Å². The molecule has 0 rings (SSSR count). The zero-order valence-corrected chi connectivity index (χ0v) is 44.8. The maximum Gasteiger partial charge on any atom is 0.306 e. The summed E-state index contributed by atoms with van der Waals surface area (Å²) in [6, 6.07) is 0. The molecule has 0 aliphatic heterocycles. The van der Waals surface area contributed by atoms with Crippen LogP contribution in [0, 0.1) is 0 Å². The molecule has 0 aliphatic carbocycles. The Balaban J connectivity index is 4.54. The lowest BCUT2D eigenvalue weighted by atomic mass is 10.0. The van der Waals surface area contributed by atoms with E-state index in [-0.39, 0.29) is 37.5 Å². The van der Waals surface area contributed by atoms with E-state index in [1.54, 1.807) is 0 Å². The van der Waals surface area contributed by atoms with Crippen molar-refractivity contribution in [1.29, 1.82) is 0 Å². The van der Waals surface area contributed by atoms with Crippen LogP contribution in [0.4, 0.5) is 0 Å². The molecule has 0 aliphatic rings. The van der Waals surface area contributed by atoms with Crippen molar-refractivity contribution in [2.75, 3.05) is 13.2 Å². The molecule has 0 heterocycles. The zero-order valence-electron chi connectivity index (χ0n) is 44.8. The number of unbranched alkanes of at least 4 members (excludes halogenated alkanes) is 26. The summed E-state index contributed by atoms with van der Waals surface area (Å²) in [5.41, 5.74) is 0. The lowest BCUT2D eigenvalue weighted by Gasteiger charge is -2.18. The van der Waals surface area contributed by atoms with Crippen molar-refractivity contribution in [2.45, 2.75) is 258 Å². The Morgan fingerprint density at radius 2 is 0.638 bits per heavy atom. The molecule has 6 heteroatoms. The van der Waals surface area contributed by atoms with E-state index < -0.39 is 6.10 Å². The van der Waals surface area contributed by atoms with Crippen LogP contribution in [0.3, 0.4) is 0 Å². The molecule has 1 unspecified atom stereocenters. The largest absolute Gasteiger partial charge is 0.462 e. The monoisotopic (exact) mass is 957 g/mol. The summed E-state index contributed by atoms with van der Waals surface area (Å²) in [5, 5.41) is 0. The molecule has 0 fully saturated rings. The van der Waals surface area contributed by atoms with Gasteiger partial charge in [-0.15, -0.1) is 0 Å². The highest BCUT2D eigenvalue weighted by Crippen LogP contribution is 2.15. The van der Waals surface area contributed by atoms with Gasteiger partial charge in [0.25, 0.3) is 0 Å². The first-order valence-corrected chi connectivity index (χ1v) is 28.5. The van der Waals surface area contributed by atoms with Crippen LogP contribution in [0.1, 0.15) is 252 Å². The summed E-state index contributed by atoms with van der Waals surface area (Å²) >= 11 is 0. The molecule has 392 valence electrons. The summed E-state index contributed by atoms with van der Waals surface area (Å²) < 4.78 is 16.8. The molecule has 69 heavy (non-hydrogen) atoms. The van der Waals surface area contributed by atoms with E-state index in [9.17, 15) is 14.4 Å². The number of hydrogen-bond donors (Lipinski definition) is 0. The first-order valence-electron chi connectivity index (χ1n) is 28.5. The number of carbonyl (C=O) groups is 3. The predicted molar refractivity (Wildman–Crippen MR) is 297 cm³/mol. The maximum absolute atomic E-state index is 12.8. The van der Waals surface area contributed by atoms with E-state index in [0.29, 0.717) is 19.3 Å². The molecule has 0 saturated heterocycles. The molecular formula is C63H104O6. The number of carbonyl (C=O) groups excluding carboxylic acids is 3. The predicted octanol–water partition coefficient (Wildman–Crippen LogP) is 19.1. The standard InChI is InChI=1S/C63H104O6/c1-4-7-10-13-16-19-22-25-28-31-34-37-40-43-46-49-52-55-61(64)67-58-60(69-63(66)57-54-51-48-45-42-39-36-33-30-27-24-21-18-15-12-9-6-3)59-68-62(65)56-53-50-47-44-41-38-35-32-29-26-23-20-17-14-11-8-5-2/h7,10,13,16,19,22,25,27-28,30-31,34,36-37,39-40,45,48,60H,4-6,8-9,11-12,14-15,17-18,20-21,23-24,26,29,32-33,35,38,41-44,46-47,49-59H2,1-3H3/b10-7-,16-13-,22-19-,28-25-,30-27-,34-31+,39-36-,40-37-,48-45-. The Morgan fingerprint density at radius 1 is 0.319 bits per heavy atom. The van der Waals surface area contributed by atoms with Gasteiger partial charge in [0.1, 0.15) is 13.2 Å². The van der Waals surface area contributed by atoms with Crippen LogP contribution in [0.5, 0.6) is 0 Å². The number of rotatable bonds is 50. The van der Waals surface area contributed by atoms with Crippen LogP contribution in [0.2, 0.25) is 0 Å². The van der Waals surface area contributed by atoms with Gasteiger partial charge in [-0.2, -0.15) is 0 Å². The van der Waals surface area contributed by atoms with Gasteiger partial charge >= 0.3 is 17.9 Å². The smallest absolute Gasteiger partial charge is 0.306 e. The van der Waals surface area contributed by atoms with Crippen molar-refractivity contribution in [3.8, 4) is 0 Å². The van der Waals surface area contributed by atoms with E-state index in [1.165, 1.54) is 135 Å². The van der Waals surface area contributed by atoms with Crippen molar-refractivity contribution < 1.29 is 28.6 Å². The molecule has 0 amide bonds. The third-order valence-electron chi connectivity index (χ3n) is 11.9. The summed E-state index contributed by atoms with van der Waals surface area (Å²) in [4.78, 5) is 38.1. The third kappa shape index (κ3) is 54.9. The van der Waals surface area contributed by atoms with Gasteiger partial charge < -0.3 is 14.2 Å². The highest BCUT2D eigenvalue weighted by Gasteiger charge is 2.19. The molecule has 0 N–H and O–H groups in total. The van der Waals surface area contributed by atoms with Gasteiger partial charge in [0.15, 0.2) is 6.10 Å². The molecule has 0 radical (unpaired) electrons.